The fraction of sp³-hybridized carbons (Fsp3) is 0.417. The van der Waals surface area contributed by atoms with Crippen molar-refractivity contribution in [3.8, 4) is 0 Å². The van der Waals surface area contributed by atoms with Crippen LogP contribution in [0, 0.1) is 0 Å². The summed E-state index contributed by atoms with van der Waals surface area (Å²) in [6.45, 7) is 1.88. The number of aliphatic carboxylic acids is 1. The second-order valence-electron chi connectivity index (χ2n) is 3.72. The second-order valence-corrected chi connectivity index (χ2v) is 4.77. The van der Waals surface area contributed by atoms with Crippen molar-refractivity contribution in [2.24, 2.45) is 0 Å². The molecule has 0 aliphatic heterocycles. The van der Waals surface area contributed by atoms with E-state index in [0.29, 0.717) is 6.42 Å². The predicted molar refractivity (Wildman–Crippen MR) is 69.4 cm³/mol. The van der Waals surface area contributed by atoms with Crippen LogP contribution in [0.2, 0.25) is 0 Å². The standard InChI is InChI=1S/C12H16N2O3S/c1-2-3-10(12(16)17)14-11(15)8-18-9-4-6-13-7-5-9/h4-7,10H,2-3,8H2,1H3,(H,14,15)(H,16,17). The highest BCUT2D eigenvalue weighted by Crippen LogP contribution is 2.15. The number of amides is 1. The third-order valence-corrected chi connectivity index (χ3v) is 3.24. The van der Waals surface area contributed by atoms with Crippen LogP contribution in [0.25, 0.3) is 0 Å². The van der Waals surface area contributed by atoms with Gasteiger partial charge in [0.15, 0.2) is 0 Å². The van der Waals surface area contributed by atoms with Crippen LogP contribution in [0.5, 0.6) is 0 Å². The van der Waals surface area contributed by atoms with Gasteiger partial charge in [-0.3, -0.25) is 9.78 Å². The van der Waals surface area contributed by atoms with Gasteiger partial charge in [-0.15, -0.1) is 11.8 Å². The number of nitrogens with one attached hydrogen (secondary N) is 1. The molecule has 0 radical (unpaired) electrons. The molecular weight excluding hydrogens is 252 g/mol. The molecule has 0 saturated heterocycles. The first-order valence-corrected chi connectivity index (χ1v) is 6.67. The van der Waals surface area contributed by atoms with Crippen molar-refractivity contribution >= 4 is 23.6 Å². The van der Waals surface area contributed by atoms with Crippen molar-refractivity contribution in [1.82, 2.24) is 10.3 Å². The van der Waals surface area contributed by atoms with Gasteiger partial charge in [-0.05, 0) is 18.6 Å². The van der Waals surface area contributed by atoms with Crippen LogP contribution in [-0.4, -0.2) is 33.8 Å². The highest BCUT2D eigenvalue weighted by Gasteiger charge is 2.18. The summed E-state index contributed by atoms with van der Waals surface area (Å²) in [7, 11) is 0. The molecule has 1 aromatic heterocycles. The lowest BCUT2D eigenvalue weighted by Crippen LogP contribution is -2.41. The molecule has 6 heteroatoms. The van der Waals surface area contributed by atoms with Crippen molar-refractivity contribution in [1.29, 1.82) is 0 Å². The third kappa shape index (κ3) is 5.18. The molecule has 1 heterocycles. The number of hydrogen-bond acceptors (Lipinski definition) is 4. The molecular formula is C12H16N2O3S. The minimum Gasteiger partial charge on any atom is -0.480 e. The van der Waals surface area contributed by atoms with Crippen molar-refractivity contribution in [2.75, 3.05) is 5.75 Å². The molecule has 1 unspecified atom stereocenters. The summed E-state index contributed by atoms with van der Waals surface area (Å²) in [5.74, 6) is -1.05. The van der Waals surface area contributed by atoms with Gasteiger partial charge in [0.25, 0.3) is 0 Å². The molecule has 5 nitrogen and oxygen atoms in total. The SMILES string of the molecule is CCCC(NC(=O)CSc1ccncc1)C(=O)O. The average molecular weight is 268 g/mol. The minimum absolute atomic E-state index is 0.206. The predicted octanol–water partition coefficient (Wildman–Crippen LogP) is 1.54. The summed E-state index contributed by atoms with van der Waals surface area (Å²) in [6, 6.07) is 2.82. The quantitative estimate of drug-likeness (QED) is 0.733. The Bertz CT molecular complexity index is 398. The Morgan fingerprint density at radius 3 is 2.67 bits per heavy atom. The summed E-state index contributed by atoms with van der Waals surface area (Å²) >= 11 is 1.36. The summed E-state index contributed by atoms with van der Waals surface area (Å²) in [6.07, 6.45) is 4.46. The monoisotopic (exact) mass is 268 g/mol. The van der Waals surface area contributed by atoms with E-state index in [0.717, 1.165) is 11.3 Å². The molecule has 0 aliphatic rings. The maximum Gasteiger partial charge on any atom is 0.326 e. The van der Waals surface area contributed by atoms with Crippen LogP contribution < -0.4 is 5.32 Å². The van der Waals surface area contributed by atoms with E-state index in [9.17, 15) is 9.59 Å². The van der Waals surface area contributed by atoms with E-state index in [1.165, 1.54) is 11.8 Å². The van der Waals surface area contributed by atoms with Crippen LogP contribution in [-0.2, 0) is 9.59 Å². The normalized spacial score (nSPS) is 11.8. The Hall–Kier alpha value is -1.56. The largest absolute Gasteiger partial charge is 0.480 e. The first kappa shape index (κ1) is 14.5. The van der Waals surface area contributed by atoms with Crippen molar-refractivity contribution in [3.05, 3.63) is 24.5 Å². The fourth-order valence-corrected chi connectivity index (χ4v) is 2.06. The number of carboxylic acid groups (broad SMARTS) is 1. The molecule has 1 aromatic rings. The van der Waals surface area contributed by atoms with Gasteiger partial charge >= 0.3 is 5.97 Å². The van der Waals surface area contributed by atoms with E-state index < -0.39 is 12.0 Å². The van der Waals surface area contributed by atoms with Gasteiger partial charge in [-0.1, -0.05) is 13.3 Å². The number of carbonyl (C=O) groups excluding carboxylic acids is 1. The van der Waals surface area contributed by atoms with Crippen LogP contribution in [0.1, 0.15) is 19.8 Å². The van der Waals surface area contributed by atoms with Crippen molar-refractivity contribution in [3.63, 3.8) is 0 Å². The highest BCUT2D eigenvalue weighted by molar-refractivity contribution is 8.00. The topological polar surface area (TPSA) is 79.3 Å². The number of pyridine rings is 1. The number of hydrogen-bond donors (Lipinski definition) is 2. The van der Waals surface area contributed by atoms with E-state index in [4.69, 9.17) is 5.11 Å². The molecule has 98 valence electrons. The van der Waals surface area contributed by atoms with Crippen LogP contribution >= 0.6 is 11.8 Å². The Morgan fingerprint density at radius 1 is 1.44 bits per heavy atom. The maximum absolute atomic E-state index is 11.6. The molecule has 1 atom stereocenters. The molecule has 0 aliphatic carbocycles. The first-order valence-electron chi connectivity index (χ1n) is 5.68. The van der Waals surface area contributed by atoms with Gasteiger partial charge in [0.2, 0.25) is 5.91 Å². The average Bonchev–Trinajstić information content (AvgIpc) is 2.37. The zero-order valence-electron chi connectivity index (χ0n) is 10.1. The van der Waals surface area contributed by atoms with Crippen molar-refractivity contribution in [2.45, 2.75) is 30.7 Å². The zero-order valence-corrected chi connectivity index (χ0v) is 10.9. The van der Waals surface area contributed by atoms with Gasteiger partial charge in [0.05, 0.1) is 5.75 Å². The Balaban J connectivity index is 2.39. The number of aromatic nitrogens is 1. The molecule has 1 amide bonds. The second kappa shape index (κ2) is 7.71. The number of rotatable bonds is 7. The molecule has 0 spiro atoms. The number of nitrogens with zero attached hydrogens (tertiary/aromatic N) is 1. The summed E-state index contributed by atoms with van der Waals surface area (Å²) in [5.41, 5.74) is 0. The summed E-state index contributed by atoms with van der Waals surface area (Å²) in [4.78, 5) is 27.3. The Kier molecular flexibility index (Phi) is 6.21. The molecule has 0 saturated carbocycles. The highest BCUT2D eigenvalue weighted by atomic mass is 32.2. The lowest BCUT2D eigenvalue weighted by molar-refractivity contribution is -0.141. The smallest absolute Gasteiger partial charge is 0.326 e. The van der Waals surface area contributed by atoms with Crippen LogP contribution in [0.4, 0.5) is 0 Å². The van der Waals surface area contributed by atoms with E-state index in [1.54, 1.807) is 24.5 Å². The molecule has 18 heavy (non-hydrogen) atoms. The van der Waals surface area contributed by atoms with Gasteiger partial charge in [-0.2, -0.15) is 0 Å². The third-order valence-electron chi connectivity index (χ3n) is 2.23. The lowest BCUT2D eigenvalue weighted by atomic mass is 10.2. The first-order chi connectivity index (χ1) is 8.63. The lowest BCUT2D eigenvalue weighted by Gasteiger charge is -2.13. The van der Waals surface area contributed by atoms with Gasteiger partial charge in [0, 0.05) is 17.3 Å². The molecule has 2 N–H and O–H groups in total. The molecule has 0 fully saturated rings. The Labute approximate surface area is 110 Å². The van der Waals surface area contributed by atoms with Crippen LogP contribution in [0.3, 0.4) is 0 Å². The van der Waals surface area contributed by atoms with Gasteiger partial charge in [0.1, 0.15) is 6.04 Å². The van der Waals surface area contributed by atoms with Gasteiger partial charge in [-0.25, -0.2) is 4.79 Å². The minimum atomic E-state index is -0.987. The number of carboxylic acids is 1. The summed E-state index contributed by atoms with van der Waals surface area (Å²) < 4.78 is 0. The van der Waals surface area contributed by atoms with Gasteiger partial charge < -0.3 is 10.4 Å². The molecule has 0 aromatic carbocycles. The van der Waals surface area contributed by atoms with E-state index >= 15 is 0 Å². The fourth-order valence-electron chi connectivity index (χ4n) is 1.37. The Morgan fingerprint density at radius 2 is 2.11 bits per heavy atom. The van der Waals surface area contributed by atoms with E-state index in [-0.39, 0.29) is 11.7 Å². The van der Waals surface area contributed by atoms with Crippen LogP contribution in [0.15, 0.2) is 29.4 Å². The molecule has 0 bridgehead atoms. The zero-order chi connectivity index (χ0) is 13.4. The summed E-state index contributed by atoms with van der Waals surface area (Å²) in [5, 5.41) is 11.4. The molecule has 1 rings (SSSR count). The van der Waals surface area contributed by atoms with Crippen molar-refractivity contribution < 1.29 is 14.7 Å². The number of carbonyl (C=O) groups is 2. The maximum atomic E-state index is 11.6. The van der Waals surface area contributed by atoms with E-state index in [1.807, 2.05) is 6.92 Å². The number of thioether (sulfide) groups is 1. The van der Waals surface area contributed by atoms with E-state index in [2.05, 4.69) is 10.3 Å².